The summed E-state index contributed by atoms with van der Waals surface area (Å²) in [6, 6.07) is 6.11. The monoisotopic (exact) mass is 443 g/mol. The van der Waals surface area contributed by atoms with Gasteiger partial charge in [-0.15, -0.1) is 11.3 Å². The Labute approximate surface area is 180 Å². The molecule has 30 heavy (non-hydrogen) atoms. The number of benzene rings is 1. The van der Waals surface area contributed by atoms with Gasteiger partial charge in [-0.3, -0.25) is 9.69 Å². The van der Waals surface area contributed by atoms with E-state index in [4.69, 9.17) is 5.73 Å². The van der Waals surface area contributed by atoms with Crippen LogP contribution in [0.1, 0.15) is 46.0 Å². The zero-order chi connectivity index (χ0) is 20.9. The number of nitrogens with one attached hydrogen (secondary N) is 1. The first-order valence-electron chi connectivity index (χ1n) is 10.3. The standard InChI is InChI=1S/C22H25N3O3S2/c23-22(26)19-9-15(16-7-17(29-12-16)11-25-4-1-2-5-25)8-18-20(10-24-21(18)19)14-3-6-30(27,28)13-14/h7-10,12,14,24H,1-6,11,13H2,(H2,23,26). The molecule has 8 heteroatoms. The topological polar surface area (TPSA) is 96.3 Å². The van der Waals surface area contributed by atoms with Crippen LogP contribution in [0, 0.1) is 0 Å². The van der Waals surface area contributed by atoms with E-state index in [0.29, 0.717) is 17.5 Å². The number of nitrogens with two attached hydrogens (primary N) is 1. The van der Waals surface area contributed by atoms with Crippen LogP contribution in [0.4, 0.5) is 0 Å². The average molecular weight is 444 g/mol. The summed E-state index contributed by atoms with van der Waals surface area (Å²) in [6.45, 7) is 3.27. The molecule has 2 fully saturated rings. The molecule has 6 nitrogen and oxygen atoms in total. The summed E-state index contributed by atoms with van der Waals surface area (Å²) >= 11 is 1.74. The van der Waals surface area contributed by atoms with Crippen LogP contribution in [0.2, 0.25) is 0 Å². The van der Waals surface area contributed by atoms with Crippen molar-refractivity contribution in [3.05, 3.63) is 45.8 Å². The Morgan fingerprint density at radius 3 is 2.70 bits per heavy atom. The highest BCUT2D eigenvalue weighted by atomic mass is 32.2. The summed E-state index contributed by atoms with van der Waals surface area (Å²) in [5.41, 5.74) is 9.81. The molecule has 158 valence electrons. The van der Waals surface area contributed by atoms with Gasteiger partial charge in [0.05, 0.1) is 22.6 Å². The lowest BCUT2D eigenvalue weighted by Gasteiger charge is -2.12. The third-order valence-electron chi connectivity index (χ3n) is 6.32. The van der Waals surface area contributed by atoms with E-state index in [1.807, 2.05) is 12.3 Å². The van der Waals surface area contributed by atoms with Crippen LogP contribution in [0.3, 0.4) is 0 Å². The Balaban J connectivity index is 1.54. The maximum Gasteiger partial charge on any atom is 0.250 e. The van der Waals surface area contributed by atoms with Crippen molar-refractivity contribution in [1.82, 2.24) is 9.88 Å². The van der Waals surface area contributed by atoms with Crippen molar-refractivity contribution < 1.29 is 13.2 Å². The van der Waals surface area contributed by atoms with Crippen molar-refractivity contribution in [1.29, 1.82) is 0 Å². The third kappa shape index (κ3) is 3.68. The number of aromatic amines is 1. The van der Waals surface area contributed by atoms with Crippen LogP contribution in [-0.2, 0) is 16.4 Å². The zero-order valence-corrected chi connectivity index (χ0v) is 18.3. The van der Waals surface area contributed by atoms with E-state index in [1.54, 1.807) is 11.3 Å². The van der Waals surface area contributed by atoms with Gasteiger partial charge in [0, 0.05) is 28.9 Å². The molecule has 0 radical (unpaired) electrons. The summed E-state index contributed by atoms with van der Waals surface area (Å²) in [5.74, 6) is -0.152. The molecule has 2 saturated heterocycles. The third-order valence-corrected chi connectivity index (χ3v) is 9.01. The molecule has 1 amide bonds. The van der Waals surface area contributed by atoms with Gasteiger partial charge in [0.1, 0.15) is 0 Å². The Bertz CT molecular complexity index is 1220. The van der Waals surface area contributed by atoms with Crippen molar-refractivity contribution >= 4 is 38.0 Å². The maximum absolute atomic E-state index is 12.2. The Morgan fingerprint density at radius 2 is 2.00 bits per heavy atom. The minimum Gasteiger partial charge on any atom is -0.366 e. The lowest BCUT2D eigenvalue weighted by Crippen LogP contribution is -2.17. The van der Waals surface area contributed by atoms with E-state index in [2.05, 4.69) is 27.4 Å². The number of carbonyl (C=O) groups excluding carboxylic acids is 1. The Morgan fingerprint density at radius 1 is 1.20 bits per heavy atom. The number of primary amides is 1. The van der Waals surface area contributed by atoms with E-state index >= 15 is 0 Å². The summed E-state index contributed by atoms with van der Waals surface area (Å²) in [5, 5.41) is 3.03. The van der Waals surface area contributed by atoms with Gasteiger partial charge in [0.15, 0.2) is 9.84 Å². The van der Waals surface area contributed by atoms with E-state index in [-0.39, 0.29) is 17.4 Å². The number of sulfone groups is 1. The second-order valence-electron chi connectivity index (χ2n) is 8.44. The second-order valence-corrected chi connectivity index (χ2v) is 11.7. The van der Waals surface area contributed by atoms with Gasteiger partial charge in [-0.25, -0.2) is 8.42 Å². The number of aromatic nitrogens is 1. The molecular formula is C22H25N3O3S2. The molecule has 0 aliphatic carbocycles. The van der Waals surface area contributed by atoms with Crippen molar-refractivity contribution in [3.63, 3.8) is 0 Å². The fraction of sp³-hybridized carbons (Fsp3) is 0.409. The smallest absolute Gasteiger partial charge is 0.250 e. The highest BCUT2D eigenvalue weighted by Crippen LogP contribution is 2.38. The first kappa shape index (κ1) is 19.8. The molecule has 2 aliphatic rings. The Kier molecular flexibility index (Phi) is 4.95. The van der Waals surface area contributed by atoms with Gasteiger partial charge in [-0.1, -0.05) is 0 Å². The largest absolute Gasteiger partial charge is 0.366 e. The van der Waals surface area contributed by atoms with Gasteiger partial charge < -0.3 is 10.7 Å². The molecule has 2 aromatic heterocycles. The minimum absolute atomic E-state index is 0.0482. The summed E-state index contributed by atoms with van der Waals surface area (Å²) < 4.78 is 24.0. The van der Waals surface area contributed by atoms with Crippen LogP contribution in [0.25, 0.3) is 22.0 Å². The van der Waals surface area contributed by atoms with Crippen LogP contribution in [-0.4, -0.2) is 48.8 Å². The maximum atomic E-state index is 12.2. The SMILES string of the molecule is NC(=O)c1cc(-c2csc(CN3CCCC3)c2)cc2c(C3CCS(=O)(=O)C3)c[nH]c12. The molecule has 1 atom stereocenters. The number of thiophene rings is 1. The fourth-order valence-electron chi connectivity index (χ4n) is 4.77. The summed E-state index contributed by atoms with van der Waals surface area (Å²) in [6.07, 6.45) is 5.00. The average Bonchev–Trinajstić information content (AvgIpc) is 3.47. The summed E-state index contributed by atoms with van der Waals surface area (Å²) in [7, 11) is -3.00. The quantitative estimate of drug-likeness (QED) is 0.631. The van der Waals surface area contributed by atoms with Crippen molar-refractivity contribution in [2.45, 2.75) is 31.7 Å². The molecule has 1 unspecified atom stereocenters. The van der Waals surface area contributed by atoms with Crippen molar-refractivity contribution in [2.24, 2.45) is 5.73 Å². The molecule has 3 N–H and O–H groups in total. The number of fused-ring (bicyclic) bond motifs is 1. The lowest BCUT2D eigenvalue weighted by atomic mass is 9.94. The molecule has 5 rings (SSSR count). The number of amides is 1. The van der Waals surface area contributed by atoms with E-state index in [0.717, 1.165) is 41.7 Å². The van der Waals surface area contributed by atoms with Crippen molar-refractivity contribution in [3.8, 4) is 11.1 Å². The molecule has 0 bridgehead atoms. The number of rotatable bonds is 5. The van der Waals surface area contributed by atoms with E-state index < -0.39 is 15.7 Å². The van der Waals surface area contributed by atoms with Crippen LogP contribution in [0.15, 0.2) is 29.8 Å². The minimum atomic E-state index is -3.00. The molecule has 2 aliphatic heterocycles. The lowest BCUT2D eigenvalue weighted by molar-refractivity contribution is 0.100. The van der Waals surface area contributed by atoms with Gasteiger partial charge in [-0.2, -0.15) is 0 Å². The first-order valence-corrected chi connectivity index (χ1v) is 13.0. The molecule has 0 spiro atoms. The normalized spacial score (nSPS) is 21.5. The number of nitrogens with zero attached hydrogens (tertiary/aromatic N) is 1. The highest BCUT2D eigenvalue weighted by molar-refractivity contribution is 7.91. The predicted molar refractivity (Wildman–Crippen MR) is 121 cm³/mol. The number of H-pyrrole nitrogens is 1. The number of hydrogen-bond donors (Lipinski definition) is 2. The van der Waals surface area contributed by atoms with Crippen LogP contribution >= 0.6 is 11.3 Å². The highest BCUT2D eigenvalue weighted by Gasteiger charge is 2.31. The van der Waals surface area contributed by atoms with Gasteiger partial charge in [0.25, 0.3) is 5.91 Å². The van der Waals surface area contributed by atoms with Crippen LogP contribution < -0.4 is 5.73 Å². The number of likely N-dealkylation sites (tertiary alicyclic amines) is 1. The van der Waals surface area contributed by atoms with Gasteiger partial charge >= 0.3 is 0 Å². The predicted octanol–water partition coefficient (Wildman–Crippen LogP) is 3.49. The molecular weight excluding hydrogens is 418 g/mol. The number of carbonyl (C=O) groups is 1. The van der Waals surface area contributed by atoms with Gasteiger partial charge in [0.2, 0.25) is 0 Å². The molecule has 1 aromatic carbocycles. The second kappa shape index (κ2) is 7.51. The first-order chi connectivity index (χ1) is 14.4. The molecule has 4 heterocycles. The van der Waals surface area contributed by atoms with Crippen molar-refractivity contribution in [2.75, 3.05) is 24.6 Å². The zero-order valence-electron chi connectivity index (χ0n) is 16.7. The molecule has 3 aromatic rings. The molecule has 0 saturated carbocycles. The fourth-order valence-corrected chi connectivity index (χ4v) is 7.47. The Hall–Kier alpha value is -2.16. The van der Waals surface area contributed by atoms with E-state index in [9.17, 15) is 13.2 Å². The van der Waals surface area contributed by atoms with Gasteiger partial charge in [-0.05, 0) is 72.6 Å². The summed E-state index contributed by atoms with van der Waals surface area (Å²) in [4.78, 5) is 19.1. The van der Waals surface area contributed by atoms with Crippen LogP contribution in [0.5, 0.6) is 0 Å². The van der Waals surface area contributed by atoms with E-state index in [1.165, 1.54) is 17.7 Å². The number of hydrogen-bond acceptors (Lipinski definition) is 5.